The minimum absolute atomic E-state index is 0.147. The van der Waals surface area contributed by atoms with Gasteiger partial charge in [-0.2, -0.15) is 0 Å². The van der Waals surface area contributed by atoms with Crippen LogP contribution >= 0.6 is 23.2 Å². The van der Waals surface area contributed by atoms with Crippen LogP contribution in [0.15, 0.2) is 6.07 Å². The normalized spacial score (nSPS) is 10.3. The molecule has 3 N–H and O–H groups in total. The highest BCUT2D eigenvalue weighted by Gasteiger charge is 2.14. The highest BCUT2D eigenvalue weighted by Crippen LogP contribution is 2.38. The van der Waals surface area contributed by atoms with Crippen molar-refractivity contribution in [2.24, 2.45) is 0 Å². The molecule has 1 rings (SSSR count). The molecule has 0 aliphatic rings. The number of rotatable bonds is 5. The van der Waals surface area contributed by atoms with E-state index in [-0.39, 0.29) is 22.5 Å². The Morgan fingerprint density at radius 1 is 1.37 bits per heavy atom. The first-order valence-electron chi connectivity index (χ1n) is 6.19. The molecular weight excluding hydrogens is 287 g/mol. The van der Waals surface area contributed by atoms with Gasteiger partial charge in [-0.25, -0.2) is 4.79 Å². The lowest BCUT2D eigenvalue weighted by atomic mass is 10.2. The van der Waals surface area contributed by atoms with E-state index in [1.54, 1.807) is 6.92 Å². The molecule has 106 valence electrons. The first-order chi connectivity index (χ1) is 8.97. The number of phenolic OH excluding ortho intramolecular Hbond substituents is 1. The van der Waals surface area contributed by atoms with E-state index < -0.39 is 0 Å². The van der Waals surface area contributed by atoms with Crippen LogP contribution in [0.2, 0.25) is 10.0 Å². The first kappa shape index (κ1) is 15.9. The lowest BCUT2D eigenvalue weighted by molar-refractivity contribution is 0.251. The number of urea groups is 1. The number of carbonyl (C=O) groups is 1. The molecule has 0 aromatic heterocycles. The van der Waals surface area contributed by atoms with Crippen molar-refractivity contribution in [3.63, 3.8) is 0 Å². The molecule has 0 aliphatic heterocycles. The average Bonchev–Trinajstić information content (AvgIpc) is 2.38. The number of anilines is 1. The molecule has 0 aliphatic carbocycles. The van der Waals surface area contributed by atoms with Crippen LogP contribution in [-0.4, -0.2) is 17.7 Å². The Balaban J connectivity index is 2.64. The van der Waals surface area contributed by atoms with E-state index in [1.807, 2.05) is 0 Å². The van der Waals surface area contributed by atoms with Crippen molar-refractivity contribution in [2.75, 3.05) is 11.9 Å². The molecule has 2 amide bonds. The van der Waals surface area contributed by atoms with E-state index >= 15 is 0 Å². The van der Waals surface area contributed by atoms with Crippen molar-refractivity contribution in [2.45, 2.75) is 33.1 Å². The van der Waals surface area contributed by atoms with E-state index in [0.717, 1.165) is 19.3 Å². The number of hydrogen-bond donors (Lipinski definition) is 3. The van der Waals surface area contributed by atoms with Gasteiger partial charge in [0.1, 0.15) is 0 Å². The summed E-state index contributed by atoms with van der Waals surface area (Å²) < 4.78 is 0. The highest BCUT2D eigenvalue weighted by atomic mass is 35.5. The third-order valence-electron chi connectivity index (χ3n) is 2.74. The van der Waals surface area contributed by atoms with Gasteiger partial charge < -0.3 is 15.7 Å². The fraction of sp³-hybridized carbons (Fsp3) is 0.462. The number of aromatic hydroxyl groups is 1. The Bertz CT molecular complexity index is 464. The molecule has 0 fully saturated rings. The first-order valence-corrected chi connectivity index (χ1v) is 6.95. The highest BCUT2D eigenvalue weighted by molar-refractivity contribution is 6.37. The molecule has 0 saturated heterocycles. The maximum Gasteiger partial charge on any atom is 0.319 e. The molecule has 0 bridgehead atoms. The number of amides is 2. The van der Waals surface area contributed by atoms with Crippen LogP contribution in [0.3, 0.4) is 0 Å². The lowest BCUT2D eigenvalue weighted by Gasteiger charge is -2.12. The van der Waals surface area contributed by atoms with Crippen molar-refractivity contribution >= 4 is 34.9 Å². The molecule has 1 aromatic carbocycles. The summed E-state index contributed by atoms with van der Waals surface area (Å²) >= 11 is 11.9. The molecule has 19 heavy (non-hydrogen) atoms. The van der Waals surface area contributed by atoms with Gasteiger partial charge in [0, 0.05) is 11.6 Å². The van der Waals surface area contributed by atoms with Gasteiger partial charge in [0.05, 0.1) is 10.7 Å². The second-order valence-electron chi connectivity index (χ2n) is 4.28. The molecule has 4 nitrogen and oxygen atoms in total. The molecular formula is C13H18Cl2N2O2. The monoisotopic (exact) mass is 304 g/mol. The van der Waals surface area contributed by atoms with Gasteiger partial charge in [-0.05, 0) is 25.0 Å². The van der Waals surface area contributed by atoms with Crippen molar-refractivity contribution in [1.82, 2.24) is 5.32 Å². The molecule has 1 aromatic rings. The van der Waals surface area contributed by atoms with Gasteiger partial charge in [-0.15, -0.1) is 0 Å². The van der Waals surface area contributed by atoms with Gasteiger partial charge in [0.25, 0.3) is 0 Å². The molecule has 0 saturated carbocycles. The Kier molecular flexibility index (Phi) is 6.25. The maximum atomic E-state index is 11.6. The van der Waals surface area contributed by atoms with Crippen LogP contribution in [0.4, 0.5) is 10.5 Å². The summed E-state index contributed by atoms with van der Waals surface area (Å²) in [6.45, 7) is 4.38. The molecule has 0 unspecified atom stereocenters. The van der Waals surface area contributed by atoms with E-state index in [1.165, 1.54) is 6.07 Å². The number of unbranched alkanes of at least 4 members (excludes halogenated alkanes) is 2. The van der Waals surface area contributed by atoms with Gasteiger partial charge in [0.15, 0.2) is 5.75 Å². The fourth-order valence-electron chi connectivity index (χ4n) is 1.54. The zero-order chi connectivity index (χ0) is 14.4. The fourth-order valence-corrected chi connectivity index (χ4v) is 2.00. The van der Waals surface area contributed by atoms with Crippen LogP contribution in [0.25, 0.3) is 0 Å². The smallest absolute Gasteiger partial charge is 0.319 e. The van der Waals surface area contributed by atoms with E-state index in [4.69, 9.17) is 23.2 Å². The van der Waals surface area contributed by atoms with Crippen molar-refractivity contribution in [3.05, 3.63) is 21.7 Å². The average molecular weight is 305 g/mol. The standard InChI is InChI=1S/C13H18Cl2N2O2/c1-3-4-5-6-16-13(19)17-10-7-9(14)8(2)11(15)12(10)18/h7,18H,3-6H2,1-2H3,(H2,16,17,19). The number of nitrogens with one attached hydrogen (secondary N) is 2. The second kappa shape index (κ2) is 7.46. The van der Waals surface area contributed by atoms with Crippen LogP contribution < -0.4 is 10.6 Å². The van der Waals surface area contributed by atoms with Gasteiger partial charge in [-0.3, -0.25) is 0 Å². The van der Waals surface area contributed by atoms with E-state index in [0.29, 0.717) is 17.1 Å². The third-order valence-corrected chi connectivity index (χ3v) is 3.59. The predicted octanol–water partition coefficient (Wildman–Crippen LogP) is 4.32. The Morgan fingerprint density at radius 2 is 2.05 bits per heavy atom. The zero-order valence-electron chi connectivity index (χ0n) is 11.0. The largest absolute Gasteiger partial charge is 0.504 e. The van der Waals surface area contributed by atoms with Crippen LogP contribution in [-0.2, 0) is 0 Å². The topological polar surface area (TPSA) is 61.4 Å². The third kappa shape index (κ3) is 4.48. The minimum atomic E-state index is -0.387. The van der Waals surface area contributed by atoms with E-state index in [9.17, 15) is 9.90 Å². The minimum Gasteiger partial charge on any atom is -0.504 e. The summed E-state index contributed by atoms with van der Waals surface area (Å²) in [5.74, 6) is -0.174. The Morgan fingerprint density at radius 3 is 2.68 bits per heavy atom. The van der Waals surface area contributed by atoms with Crippen LogP contribution in [0.1, 0.15) is 31.7 Å². The zero-order valence-corrected chi connectivity index (χ0v) is 12.5. The summed E-state index contributed by atoms with van der Waals surface area (Å²) in [5, 5.41) is 15.6. The Hall–Kier alpha value is -1.13. The van der Waals surface area contributed by atoms with Crippen LogP contribution in [0.5, 0.6) is 5.75 Å². The number of benzene rings is 1. The molecule has 0 spiro atoms. The number of phenols is 1. The second-order valence-corrected chi connectivity index (χ2v) is 5.07. The molecule has 0 heterocycles. The lowest BCUT2D eigenvalue weighted by Crippen LogP contribution is -2.29. The number of halogens is 2. The SMILES string of the molecule is CCCCCNC(=O)Nc1cc(Cl)c(C)c(Cl)c1O. The van der Waals surface area contributed by atoms with Gasteiger partial charge in [0.2, 0.25) is 0 Å². The van der Waals surface area contributed by atoms with Gasteiger partial charge >= 0.3 is 6.03 Å². The number of hydrogen-bond acceptors (Lipinski definition) is 2. The van der Waals surface area contributed by atoms with Crippen LogP contribution in [0, 0.1) is 6.92 Å². The summed E-state index contributed by atoms with van der Waals surface area (Å²) in [6, 6.07) is 1.09. The van der Waals surface area contributed by atoms with Crippen molar-refractivity contribution in [1.29, 1.82) is 0 Å². The Labute approximate surface area is 123 Å². The van der Waals surface area contributed by atoms with Gasteiger partial charge in [-0.1, -0.05) is 43.0 Å². The molecule has 6 heteroatoms. The molecule has 0 radical (unpaired) electrons. The number of carbonyl (C=O) groups excluding carboxylic acids is 1. The van der Waals surface area contributed by atoms with Crippen molar-refractivity contribution < 1.29 is 9.90 Å². The summed E-state index contributed by atoms with van der Waals surface area (Å²) in [4.78, 5) is 11.6. The molecule has 0 atom stereocenters. The summed E-state index contributed by atoms with van der Waals surface area (Å²) in [7, 11) is 0. The summed E-state index contributed by atoms with van der Waals surface area (Å²) in [5.41, 5.74) is 0.781. The van der Waals surface area contributed by atoms with Crippen molar-refractivity contribution in [3.8, 4) is 5.75 Å². The van der Waals surface area contributed by atoms with E-state index in [2.05, 4.69) is 17.6 Å². The summed E-state index contributed by atoms with van der Waals surface area (Å²) in [6.07, 6.45) is 3.08. The maximum absolute atomic E-state index is 11.6. The quantitative estimate of drug-likeness (QED) is 0.560. The predicted molar refractivity (Wildman–Crippen MR) is 79.4 cm³/mol.